The number of anilines is 3. The van der Waals surface area contributed by atoms with Crippen molar-refractivity contribution in [1.29, 1.82) is 0 Å². The average Bonchev–Trinajstić information content (AvgIpc) is 2.63. The molecule has 0 fully saturated rings. The second-order valence-electron chi connectivity index (χ2n) is 5.39. The summed E-state index contributed by atoms with van der Waals surface area (Å²) in [6, 6.07) is 15.0. The number of benzene rings is 1. The number of hydrogen-bond donors (Lipinski definition) is 3. The molecule has 0 saturated carbocycles. The molecular formula is C18H19N5O. The second kappa shape index (κ2) is 7.52. The van der Waals surface area contributed by atoms with Crippen LogP contribution >= 0.6 is 0 Å². The third-order valence-corrected chi connectivity index (χ3v) is 3.51. The second-order valence-corrected chi connectivity index (χ2v) is 5.39. The molecule has 0 aliphatic carbocycles. The van der Waals surface area contributed by atoms with E-state index in [2.05, 4.69) is 25.6 Å². The first-order chi connectivity index (χ1) is 11.7. The van der Waals surface area contributed by atoms with Gasteiger partial charge in [-0.3, -0.25) is 4.98 Å². The summed E-state index contributed by atoms with van der Waals surface area (Å²) in [6.07, 6.45) is 3.36. The first kappa shape index (κ1) is 15.9. The Morgan fingerprint density at radius 3 is 2.54 bits per heavy atom. The molecule has 1 unspecified atom stereocenters. The van der Waals surface area contributed by atoms with E-state index >= 15 is 0 Å². The Morgan fingerprint density at radius 2 is 1.83 bits per heavy atom. The summed E-state index contributed by atoms with van der Waals surface area (Å²) in [6.45, 7) is 1.96. The van der Waals surface area contributed by atoms with Crippen molar-refractivity contribution in [2.75, 3.05) is 17.2 Å². The number of pyridine rings is 1. The van der Waals surface area contributed by atoms with Crippen LogP contribution in [0.1, 0.15) is 17.3 Å². The van der Waals surface area contributed by atoms with Gasteiger partial charge in [0.25, 0.3) is 0 Å². The Balaban J connectivity index is 1.73. The molecule has 0 radical (unpaired) electrons. The molecule has 1 aromatic carbocycles. The first-order valence-electron chi connectivity index (χ1n) is 7.69. The number of aliphatic hydroxyl groups is 1. The van der Waals surface area contributed by atoms with Crippen LogP contribution in [0.4, 0.5) is 17.5 Å². The van der Waals surface area contributed by atoms with Crippen molar-refractivity contribution < 1.29 is 5.11 Å². The van der Waals surface area contributed by atoms with Crippen LogP contribution in [-0.2, 0) is 0 Å². The number of aromatic nitrogens is 3. The molecule has 24 heavy (non-hydrogen) atoms. The molecule has 0 spiro atoms. The normalized spacial score (nSPS) is 11.8. The van der Waals surface area contributed by atoms with Gasteiger partial charge in [-0.15, -0.1) is 0 Å². The average molecular weight is 321 g/mol. The van der Waals surface area contributed by atoms with Crippen molar-refractivity contribution in [2.24, 2.45) is 0 Å². The zero-order valence-electron chi connectivity index (χ0n) is 13.3. The number of nitrogens with one attached hydrogen (secondary N) is 2. The Kier molecular flexibility index (Phi) is 4.98. The lowest BCUT2D eigenvalue weighted by atomic mass is 10.2. The van der Waals surface area contributed by atoms with Crippen LogP contribution in [0.15, 0.2) is 60.9 Å². The predicted octanol–water partition coefficient (Wildman–Crippen LogP) is 3.07. The largest absolute Gasteiger partial charge is 0.394 e. The topological polar surface area (TPSA) is 83.0 Å². The van der Waals surface area contributed by atoms with E-state index < -0.39 is 0 Å². The maximum atomic E-state index is 9.61. The third-order valence-electron chi connectivity index (χ3n) is 3.51. The van der Waals surface area contributed by atoms with E-state index in [1.165, 1.54) is 5.56 Å². The highest BCUT2D eigenvalue weighted by atomic mass is 16.3. The maximum absolute atomic E-state index is 9.61. The van der Waals surface area contributed by atoms with Gasteiger partial charge in [-0.25, -0.2) is 4.98 Å². The zero-order chi connectivity index (χ0) is 16.8. The molecule has 2 aromatic heterocycles. The summed E-state index contributed by atoms with van der Waals surface area (Å²) in [5.41, 5.74) is 2.87. The van der Waals surface area contributed by atoms with Gasteiger partial charge in [0.05, 0.1) is 18.3 Å². The molecule has 0 amide bonds. The molecule has 0 saturated heterocycles. The zero-order valence-corrected chi connectivity index (χ0v) is 13.3. The lowest BCUT2D eigenvalue weighted by molar-refractivity contribution is 0.274. The molecule has 2 heterocycles. The van der Waals surface area contributed by atoms with E-state index in [4.69, 9.17) is 0 Å². The third kappa shape index (κ3) is 4.05. The van der Waals surface area contributed by atoms with Crippen molar-refractivity contribution in [3.05, 3.63) is 72.2 Å². The van der Waals surface area contributed by atoms with Crippen molar-refractivity contribution in [2.45, 2.75) is 13.0 Å². The highest BCUT2D eigenvalue weighted by Crippen LogP contribution is 2.18. The number of aryl methyl sites for hydroxylation is 1. The van der Waals surface area contributed by atoms with Gasteiger partial charge in [-0.2, -0.15) is 4.98 Å². The summed E-state index contributed by atoms with van der Waals surface area (Å²) >= 11 is 0. The molecule has 3 N–H and O–H groups in total. The van der Waals surface area contributed by atoms with E-state index in [9.17, 15) is 5.11 Å². The SMILES string of the molecule is Cc1ccc(Nc2nccc(NC(CO)c3ccccn3)n2)cc1. The van der Waals surface area contributed by atoms with Gasteiger partial charge in [0.15, 0.2) is 0 Å². The molecule has 1 atom stereocenters. The van der Waals surface area contributed by atoms with Gasteiger partial charge in [0.1, 0.15) is 5.82 Å². The van der Waals surface area contributed by atoms with E-state index in [1.807, 2.05) is 49.4 Å². The van der Waals surface area contributed by atoms with Crippen molar-refractivity contribution >= 4 is 17.5 Å². The Hall–Kier alpha value is -2.99. The number of rotatable bonds is 6. The highest BCUT2D eigenvalue weighted by Gasteiger charge is 2.12. The summed E-state index contributed by atoms with van der Waals surface area (Å²) in [5, 5.41) is 15.9. The minimum Gasteiger partial charge on any atom is -0.394 e. The smallest absolute Gasteiger partial charge is 0.229 e. The van der Waals surface area contributed by atoms with E-state index in [-0.39, 0.29) is 12.6 Å². The summed E-state index contributed by atoms with van der Waals surface area (Å²) in [4.78, 5) is 12.9. The van der Waals surface area contributed by atoms with Crippen molar-refractivity contribution in [3.63, 3.8) is 0 Å². The molecule has 6 heteroatoms. The van der Waals surface area contributed by atoms with E-state index in [0.29, 0.717) is 11.8 Å². The van der Waals surface area contributed by atoms with Crippen LogP contribution in [0.25, 0.3) is 0 Å². The minimum atomic E-state index is -0.326. The van der Waals surface area contributed by atoms with E-state index in [0.717, 1.165) is 11.4 Å². The van der Waals surface area contributed by atoms with Gasteiger partial charge in [-0.1, -0.05) is 23.8 Å². The molecule has 0 aliphatic heterocycles. The number of hydrogen-bond acceptors (Lipinski definition) is 6. The van der Waals surface area contributed by atoms with Crippen LogP contribution in [-0.4, -0.2) is 26.7 Å². The van der Waals surface area contributed by atoms with Gasteiger partial charge in [0, 0.05) is 18.1 Å². The van der Waals surface area contributed by atoms with Crippen LogP contribution in [0, 0.1) is 6.92 Å². The molecule has 0 aliphatic rings. The fourth-order valence-electron chi connectivity index (χ4n) is 2.24. The molecule has 122 valence electrons. The summed E-state index contributed by atoms with van der Waals surface area (Å²) in [7, 11) is 0. The van der Waals surface area contributed by atoms with Crippen LogP contribution in [0.2, 0.25) is 0 Å². The van der Waals surface area contributed by atoms with Crippen molar-refractivity contribution in [3.8, 4) is 0 Å². The van der Waals surface area contributed by atoms with E-state index in [1.54, 1.807) is 18.5 Å². The van der Waals surface area contributed by atoms with Crippen molar-refractivity contribution in [1.82, 2.24) is 15.0 Å². The Morgan fingerprint density at radius 1 is 1.00 bits per heavy atom. The van der Waals surface area contributed by atoms with Gasteiger partial charge >= 0.3 is 0 Å². The number of aliphatic hydroxyl groups excluding tert-OH is 1. The lowest BCUT2D eigenvalue weighted by Gasteiger charge is -2.16. The molecular weight excluding hydrogens is 302 g/mol. The van der Waals surface area contributed by atoms with Crippen LogP contribution < -0.4 is 10.6 Å². The van der Waals surface area contributed by atoms with Gasteiger partial charge in [0.2, 0.25) is 5.95 Å². The quantitative estimate of drug-likeness (QED) is 0.647. The van der Waals surface area contributed by atoms with Crippen LogP contribution in [0.3, 0.4) is 0 Å². The Bertz CT molecular complexity index is 777. The monoisotopic (exact) mass is 321 g/mol. The van der Waals surface area contributed by atoms with Crippen LogP contribution in [0.5, 0.6) is 0 Å². The number of nitrogens with zero attached hydrogens (tertiary/aromatic N) is 3. The summed E-state index contributed by atoms with van der Waals surface area (Å²) < 4.78 is 0. The predicted molar refractivity (Wildman–Crippen MR) is 94.2 cm³/mol. The highest BCUT2D eigenvalue weighted by molar-refractivity contribution is 5.55. The van der Waals surface area contributed by atoms with Gasteiger partial charge < -0.3 is 15.7 Å². The molecule has 0 bridgehead atoms. The fourth-order valence-corrected chi connectivity index (χ4v) is 2.24. The van der Waals surface area contributed by atoms with Gasteiger partial charge in [-0.05, 0) is 37.3 Å². The maximum Gasteiger partial charge on any atom is 0.229 e. The standard InChI is InChI=1S/C18H19N5O/c1-13-5-7-14(8-6-13)21-18-20-11-9-17(23-18)22-16(12-24)15-4-2-3-10-19-15/h2-11,16,24H,12H2,1H3,(H2,20,21,22,23). The molecule has 6 nitrogen and oxygen atoms in total. The minimum absolute atomic E-state index is 0.0816. The molecule has 3 rings (SSSR count). The molecule has 3 aromatic rings. The Labute approximate surface area is 140 Å². The first-order valence-corrected chi connectivity index (χ1v) is 7.69. The fraction of sp³-hybridized carbons (Fsp3) is 0.167. The summed E-state index contributed by atoms with van der Waals surface area (Å²) in [5.74, 6) is 1.10. The lowest BCUT2D eigenvalue weighted by Crippen LogP contribution is -2.17.